The van der Waals surface area contributed by atoms with Crippen LogP contribution in [-0.4, -0.2) is 33.0 Å². The maximum Gasteiger partial charge on any atom is 0.252 e. The monoisotopic (exact) mass is 559 g/mol. The average Bonchev–Trinajstić information content (AvgIpc) is 3.30. The Morgan fingerprint density at radius 2 is 1.84 bits per heavy atom. The normalized spacial score (nSPS) is 12.9. The van der Waals surface area contributed by atoms with Crippen LogP contribution in [0.5, 0.6) is 0 Å². The number of halogens is 1. The number of hydrogen-bond donors (Lipinski definition) is 5. The molecule has 5 aromatic rings. The molecule has 5 rings (SSSR count). The number of carbonyl (C=O) groups is 2. The fourth-order valence-electron chi connectivity index (χ4n) is 4.28. The first-order valence-electron chi connectivity index (χ1n) is 11.4. The molecule has 6 N–H and O–H groups in total. The number of nitrogens with one attached hydrogen (secondary N) is 3. The van der Waals surface area contributed by atoms with Gasteiger partial charge in [0.1, 0.15) is 6.04 Å². The Morgan fingerprint density at radius 3 is 2.57 bits per heavy atom. The van der Waals surface area contributed by atoms with Crippen LogP contribution in [0.2, 0.25) is 0 Å². The summed E-state index contributed by atoms with van der Waals surface area (Å²) in [5, 5.41) is 23.5. The Morgan fingerprint density at radius 1 is 1.08 bits per heavy atom. The first kappa shape index (κ1) is 24.6. The molecule has 37 heavy (non-hydrogen) atoms. The quantitative estimate of drug-likeness (QED) is 0.194. The van der Waals surface area contributed by atoms with Gasteiger partial charge in [-0.1, -0.05) is 46.3 Å². The predicted octanol–water partition coefficient (Wildman–Crippen LogP) is 3.38. The molecule has 2 atom stereocenters. The van der Waals surface area contributed by atoms with Gasteiger partial charge in [0.05, 0.1) is 16.8 Å². The number of carbonyl (C=O) groups excluding carboxylic acids is 2. The lowest BCUT2D eigenvalue weighted by Crippen LogP contribution is -2.99. The zero-order chi connectivity index (χ0) is 26.1. The highest BCUT2D eigenvalue weighted by atomic mass is 79.9. The van der Waals surface area contributed by atoms with Gasteiger partial charge in [-0.15, -0.1) is 0 Å². The smallest absolute Gasteiger partial charge is 0.252 e. The molecule has 0 bridgehead atoms. The molecular formula is C27H22BrN5O4. The van der Waals surface area contributed by atoms with Gasteiger partial charge in [-0.05, 0) is 35.9 Å². The molecule has 10 heteroatoms. The van der Waals surface area contributed by atoms with Crippen LogP contribution in [-0.2, 0) is 11.2 Å². The molecule has 0 aliphatic heterocycles. The third-order valence-electron chi connectivity index (χ3n) is 6.17. The van der Waals surface area contributed by atoms with E-state index in [-0.39, 0.29) is 12.1 Å². The molecular weight excluding hydrogens is 538 g/mol. The van der Waals surface area contributed by atoms with E-state index in [9.17, 15) is 14.8 Å². The molecule has 0 saturated heterocycles. The van der Waals surface area contributed by atoms with Crippen molar-refractivity contribution in [2.45, 2.75) is 12.5 Å². The summed E-state index contributed by atoms with van der Waals surface area (Å²) in [6, 6.07) is 20.0. The highest BCUT2D eigenvalue weighted by molar-refractivity contribution is 9.10. The third kappa shape index (κ3) is 5.09. The minimum Gasteiger partial charge on any atom is -0.595 e. The van der Waals surface area contributed by atoms with Gasteiger partial charge in [-0.3, -0.25) is 9.59 Å². The highest BCUT2D eigenvalue weighted by Crippen LogP contribution is 2.32. The SMILES string of the molecule is NC(=O)C(Cc1ccc([NH+]([O-])O)cc1)NC(=O)c1cc(-c2c[nH]c3ccc(Br)cc23)nc2ccccc12. The van der Waals surface area contributed by atoms with Crippen LogP contribution in [0.15, 0.2) is 83.5 Å². The molecule has 2 heterocycles. The zero-order valence-corrected chi connectivity index (χ0v) is 21.0. The van der Waals surface area contributed by atoms with E-state index in [2.05, 4.69) is 26.2 Å². The number of quaternary nitrogens is 1. The van der Waals surface area contributed by atoms with Crippen LogP contribution in [0.4, 0.5) is 5.69 Å². The molecule has 0 aliphatic carbocycles. The summed E-state index contributed by atoms with van der Waals surface area (Å²) in [6.45, 7) is 0. The predicted molar refractivity (Wildman–Crippen MR) is 143 cm³/mol. The molecule has 0 radical (unpaired) electrons. The van der Waals surface area contributed by atoms with Crippen LogP contribution >= 0.6 is 15.9 Å². The number of nitrogens with zero attached hydrogens (tertiary/aromatic N) is 1. The fourth-order valence-corrected chi connectivity index (χ4v) is 4.64. The summed E-state index contributed by atoms with van der Waals surface area (Å²) in [6.07, 6.45) is 1.97. The average molecular weight is 560 g/mol. The number of H-pyrrole nitrogens is 1. The van der Waals surface area contributed by atoms with Gasteiger partial charge < -0.3 is 21.2 Å². The van der Waals surface area contributed by atoms with E-state index in [0.29, 0.717) is 27.7 Å². The van der Waals surface area contributed by atoms with Crippen molar-refractivity contribution < 1.29 is 20.0 Å². The number of nitrogens with two attached hydrogens (primary N) is 1. The first-order chi connectivity index (χ1) is 17.8. The minimum absolute atomic E-state index is 0.118. The van der Waals surface area contributed by atoms with Crippen LogP contribution in [0.25, 0.3) is 33.1 Å². The first-order valence-corrected chi connectivity index (χ1v) is 12.2. The Balaban J connectivity index is 1.50. The van der Waals surface area contributed by atoms with Crippen molar-refractivity contribution in [2.24, 2.45) is 5.73 Å². The maximum absolute atomic E-state index is 13.5. The van der Waals surface area contributed by atoms with Crippen LogP contribution < -0.4 is 16.3 Å². The Labute approximate surface area is 219 Å². The fraction of sp³-hybridized carbons (Fsp3) is 0.0741. The lowest BCUT2D eigenvalue weighted by atomic mass is 10.0. The zero-order valence-electron chi connectivity index (χ0n) is 19.4. The Bertz CT molecular complexity index is 1630. The van der Waals surface area contributed by atoms with E-state index in [1.165, 1.54) is 12.1 Å². The van der Waals surface area contributed by atoms with Gasteiger partial charge in [0.25, 0.3) is 5.91 Å². The van der Waals surface area contributed by atoms with Gasteiger partial charge in [-0.25, -0.2) is 10.2 Å². The molecule has 9 nitrogen and oxygen atoms in total. The Hall–Kier alpha value is -4.09. The summed E-state index contributed by atoms with van der Waals surface area (Å²) in [7, 11) is 0. The van der Waals surface area contributed by atoms with E-state index in [4.69, 9.17) is 15.9 Å². The number of aromatic nitrogens is 2. The standard InChI is InChI=1S/C27H22BrN5O4/c28-16-7-10-22-19(12-16)21(14-30-22)24-13-20(18-3-1-2-4-23(18)31-24)27(35)32-25(26(29)34)11-15-5-8-17(9-6-15)33(36)37/h1-10,12-14,25,30,33,36H,11H2,(H2,29,34)(H,32,35). The number of amides is 2. The molecule has 3 aromatic carbocycles. The molecule has 0 spiro atoms. The molecule has 0 saturated carbocycles. The van der Waals surface area contributed by atoms with Gasteiger partial charge in [-0.2, -0.15) is 5.23 Å². The number of fused-ring (bicyclic) bond motifs is 2. The van der Waals surface area contributed by atoms with E-state index in [0.717, 1.165) is 20.9 Å². The molecule has 0 fully saturated rings. The molecule has 0 aliphatic rings. The second-order valence-corrected chi connectivity index (χ2v) is 9.51. The number of rotatable bonds is 7. The third-order valence-corrected chi connectivity index (χ3v) is 6.66. The van der Waals surface area contributed by atoms with Crippen molar-refractivity contribution in [3.8, 4) is 11.3 Å². The second kappa shape index (κ2) is 10.1. The van der Waals surface area contributed by atoms with Crippen molar-refractivity contribution >= 4 is 55.2 Å². The second-order valence-electron chi connectivity index (χ2n) is 8.60. The van der Waals surface area contributed by atoms with Crippen LogP contribution in [0.3, 0.4) is 0 Å². The summed E-state index contributed by atoms with van der Waals surface area (Å²) in [4.78, 5) is 33.8. The largest absolute Gasteiger partial charge is 0.595 e. The summed E-state index contributed by atoms with van der Waals surface area (Å²) >= 11 is 3.51. The topological polar surface area (TPSA) is 149 Å². The Kier molecular flexibility index (Phi) is 6.72. The number of primary amides is 1. The number of aromatic amines is 1. The lowest BCUT2D eigenvalue weighted by molar-refractivity contribution is -0.991. The lowest BCUT2D eigenvalue weighted by Gasteiger charge is -2.17. The summed E-state index contributed by atoms with van der Waals surface area (Å²) in [5.41, 5.74) is 9.77. The number of benzene rings is 3. The van der Waals surface area contributed by atoms with Gasteiger partial charge in [0.15, 0.2) is 5.69 Å². The van der Waals surface area contributed by atoms with E-state index >= 15 is 0 Å². The molecule has 2 aromatic heterocycles. The maximum atomic E-state index is 13.5. The highest BCUT2D eigenvalue weighted by Gasteiger charge is 2.22. The summed E-state index contributed by atoms with van der Waals surface area (Å²) in [5.74, 6) is -1.16. The summed E-state index contributed by atoms with van der Waals surface area (Å²) < 4.78 is 0.917. The molecule has 2 unspecified atom stereocenters. The van der Waals surface area contributed by atoms with Crippen LogP contribution in [0.1, 0.15) is 15.9 Å². The van der Waals surface area contributed by atoms with Crippen molar-refractivity contribution in [3.05, 3.63) is 99.8 Å². The minimum atomic E-state index is -1.05. The van der Waals surface area contributed by atoms with E-state index in [1.54, 1.807) is 24.3 Å². The van der Waals surface area contributed by atoms with Crippen LogP contribution in [0, 0.1) is 5.21 Å². The van der Waals surface area contributed by atoms with Gasteiger partial charge in [0.2, 0.25) is 5.91 Å². The van der Waals surface area contributed by atoms with Crippen molar-refractivity contribution in [2.75, 3.05) is 0 Å². The van der Waals surface area contributed by atoms with Gasteiger partial charge in [0, 0.05) is 51.1 Å². The molecule has 186 valence electrons. The van der Waals surface area contributed by atoms with E-state index in [1.807, 2.05) is 42.6 Å². The number of para-hydroxylation sites is 1. The van der Waals surface area contributed by atoms with Crippen molar-refractivity contribution in [3.63, 3.8) is 0 Å². The molecule has 2 amide bonds. The number of pyridine rings is 1. The van der Waals surface area contributed by atoms with E-state index < -0.39 is 23.1 Å². The van der Waals surface area contributed by atoms with Crippen molar-refractivity contribution in [1.29, 1.82) is 0 Å². The number of hydrogen-bond acceptors (Lipinski definition) is 5. The van der Waals surface area contributed by atoms with Gasteiger partial charge >= 0.3 is 0 Å². The van der Waals surface area contributed by atoms with Crippen molar-refractivity contribution in [1.82, 2.24) is 15.3 Å².